The molecule has 1 fully saturated rings. The molecule has 5 aromatic rings. The van der Waals surface area contributed by atoms with Crippen molar-refractivity contribution in [3.05, 3.63) is 57.9 Å². The van der Waals surface area contributed by atoms with Crippen molar-refractivity contribution in [2.45, 2.75) is 31.4 Å². The fraction of sp³-hybridized carbons (Fsp3) is 0.385. The summed E-state index contributed by atoms with van der Waals surface area (Å²) >= 11 is 1.10. The van der Waals surface area contributed by atoms with Gasteiger partial charge in [0.25, 0.3) is 0 Å². The minimum atomic E-state index is -0.881. The summed E-state index contributed by atoms with van der Waals surface area (Å²) in [7, 11) is 0. The van der Waals surface area contributed by atoms with Gasteiger partial charge in [-0.3, -0.25) is 9.36 Å². The SMILES string of the molecule is Nc1nc2c(sc(=O)n2CCN2CCC(c3ccc(OCC(O)CO)cc3)CC2)c2nc(-c3ccco3)nn12. The van der Waals surface area contributed by atoms with Crippen LogP contribution in [0, 0.1) is 0 Å². The lowest BCUT2D eigenvalue weighted by atomic mass is 9.89. The minimum Gasteiger partial charge on any atom is -0.491 e. The first-order valence-electron chi connectivity index (χ1n) is 12.8. The molecule has 1 aliphatic heterocycles. The van der Waals surface area contributed by atoms with E-state index in [1.165, 1.54) is 10.1 Å². The van der Waals surface area contributed by atoms with Crippen LogP contribution in [0.2, 0.25) is 0 Å². The van der Waals surface area contributed by atoms with Gasteiger partial charge in [0.05, 0.1) is 12.9 Å². The molecule has 6 rings (SSSR count). The van der Waals surface area contributed by atoms with Crippen LogP contribution in [-0.2, 0) is 6.54 Å². The van der Waals surface area contributed by atoms with Crippen molar-refractivity contribution in [1.29, 1.82) is 0 Å². The summed E-state index contributed by atoms with van der Waals surface area (Å²) in [5, 5.41) is 22.8. The molecule has 0 radical (unpaired) electrons. The van der Waals surface area contributed by atoms with E-state index < -0.39 is 6.10 Å². The van der Waals surface area contributed by atoms with Gasteiger partial charge in [-0.05, 0) is 61.7 Å². The van der Waals surface area contributed by atoms with E-state index in [1.807, 2.05) is 12.1 Å². The number of anilines is 1. The number of aliphatic hydroxyl groups is 2. The zero-order valence-corrected chi connectivity index (χ0v) is 22.0. The Morgan fingerprint density at radius 2 is 1.92 bits per heavy atom. The number of nitrogens with zero attached hydrogens (tertiary/aromatic N) is 6. The van der Waals surface area contributed by atoms with Crippen LogP contribution in [0.15, 0.2) is 51.9 Å². The number of nitrogens with two attached hydrogens (primary N) is 1. The van der Waals surface area contributed by atoms with Crippen molar-refractivity contribution >= 4 is 33.3 Å². The molecule has 1 aromatic carbocycles. The number of aromatic nitrogens is 5. The average molecular weight is 552 g/mol. The number of aliphatic hydroxyl groups excluding tert-OH is 2. The summed E-state index contributed by atoms with van der Waals surface area (Å²) in [6.07, 6.45) is 2.71. The van der Waals surface area contributed by atoms with Gasteiger partial charge in [0.1, 0.15) is 23.2 Å². The second-order valence-electron chi connectivity index (χ2n) is 9.62. The van der Waals surface area contributed by atoms with Gasteiger partial charge in [-0.15, -0.1) is 5.10 Å². The first-order chi connectivity index (χ1) is 19.0. The predicted octanol–water partition coefficient (Wildman–Crippen LogP) is 1.95. The van der Waals surface area contributed by atoms with Crippen molar-refractivity contribution < 1.29 is 19.4 Å². The fourth-order valence-corrected chi connectivity index (χ4v) is 5.88. The Morgan fingerprint density at radius 1 is 1.13 bits per heavy atom. The quantitative estimate of drug-likeness (QED) is 0.247. The Labute approximate surface area is 226 Å². The van der Waals surface area contributed by atoms with Crippen LogP contribution >= 0.6 is 11.3 Å². The maximum atomic E-state index is 12.9. The first kappa shape index (κ1) is 25.5. The normalized spacial score (nSPS) is 15.8. The molecule has 0 spiro atoms. The molecule has 1 saturated heterocycles. The number of thiazole rings is 1. The third-order valence-electron chi connectivity index (χ3n) is 7.09. The van der Waals surface area contributed by atoms with Gasteiger partial charge in [0, 0.05) is 13.1 Å². The molecule has 0 amide bonds. The van der Waals surface area contributed by atoms with Crippen LogP contribution in [0.5, 0.6) is 5.75 Å². The zero-order chi connectivity index (χ0) is 26.9. The summed E-state index contributed by atoms with van der Waals surface area (Å²) in [6.45, 7) is 2.84. The second kappa shape index (κ2) is 10.8. The molecule has 0 bridgehead atoms. The molecule has 1 unspecified atom stereocenters. The Morgan fingerprint density at radius 3 is 2.64 bits per heavy atom. The number of furan rings is 1. The van der Waals surface area contributed by atoms with Crippen molar-refractivity contribution in [3.63, 3.8) is 0 Å². The number of nitrogen functional groups attached to an aromatic ring is 1. The highest BCUT2D eigenvalue weighted by molar-refractivity contribution is 7.17. The van der Waals surface area contributed by atoms with E-state index in [-0.39, 0.29) is 24.0 Å². The van der Waals surface area contributed by atoms with Crippen molar-refractivity contribution in [1.82, 2.24) is 29.0 Å². The first-order valence-corrected chi connectivity index (χ1v) is 13.7. The largest absolute Gasteiger partial charge is 0.491 e. The molecule has 5 heterocycles. The molecular formula is C26H29N7O5S. The van der Waals surface area contributed by atoms with Gasteiger partial charge in [0.15, 0.2) is 17.1 Å². The van der Waals surface area contributed by atoms with Gasteiger partial charge in [-0.1, -0.05) is 23.5 Å². The fourth-order valence-electron chi connectivity index (χ4n) is 4.95. The van der Waals surface area contributed by atoms with Gasteiger partial charge in [-0.25, -0.2) is 4.98 Å². The summed E-state index contributed by atoms with van der Waals surface area (Å²) < 4.78 is 14.7. The smallest absolute Gasteiger partial charge is 0.309 e. The molecule has 0 saturated carbocycles. The standard InChI is InChI=1S/C26H29N7O5S/c27-25-29-23-21(24-28-22(30-33(24)25)20-2-1-13-37-20)39-26(36)32(23)12-11-31-9-7-17(8-10-31)16-3-5-19(6-4-16)38-15-18(35)14-34/h1-6,13,17-18,34-35H,7-12,14-15H2,(H2,27,29). The molecular weight excluding hydrogens is 522 g/mol. The van der Waals surface area contributed by atoms with E-state index in [4.69, 9.17) is 20.0 Å². The third kappa shape index (κ3) is 5.13. The molecule has 1 atom stereocenters. The van der Waals surface area contributed by atoms with E-state index in [1.54, 1.807) is 23.0 Å². The number of piperidine rings is 1. The highest BCUT2D eigenvalue weighted by Gasteiger charge is 2.23. The van der Waals surface area contributed by atoms with Crippen LogP contribution in [0.3, 0.4) is 0 Å². The van der Waals surface area contributed by atoms with Crippen LogP contribution in [-0.4, -0.2) is 78.2 Å². The molecule has 4 aromatic heterocycles. The van der Waals surface area contributed by atoms with E-state index in [0.29, 0.717) is 45.8 Å². The van der Waals surface area contributed by atoms with E-state index in [2.05, 4.69) is 32.1 Å². The molecule has 4 N–H and O–H groups in total. The number of rotatable bonds is 9. The summed E-state index contributed by atoms with van der Waals surface area (Å²) in [5.74, 6) is 2.19. The van der Waals surface area contributed by atoms with Gasteiger partial charge >= 0.3 is 4.87 Å². The van der Waals surface area contributed by atoms with Crippen molar-refractivity contribution in [3.8, 4) is 17.3 Å². The van der Waals surface area contributed by atoms with Crippen molar-refractivity contribution in [2.24, 2.45) is 0 Å². The Kier molecular flexibility index (Phi) is 7.04. The minimum absolute atomic E-state index is 0.0642. The predicted molar refractivity (Wildman–Crippen MR) is 146 cm³/mol. The number of likely N-dealkylation sites (tertiary alicyclic amines) is 1. The Hall–Kier alpha value is -3.78. The maximum Gasteiger partial charge on any atom is 0.309 e. The van der Waals surface area contributed by atoms with Crippen LogP contribution in [0.4, 0.5) is 5.95 Å². The molecule has 0 aliphatic carbocycles. The summed E-state index contributed by atoms with van der Waals surface area (Å²) in [4.78, 5) is 24.3. The third-order valence-corrected chi connectivity index (χ3v) is 8.05. The topological polar surface area (TPSA) is 157 Å². The lowest BCUT2D eigenvalue weighted by Crippen LogP contribution is -2.36. The average Bonchev–Trinajstić information content (AvgIpc) is 3.71. The van der Waals surface area contributed by atoms with Gasteiger partial charge in [0.2, 0.25) is 11.8 Å². The number of ether oxygens (including phenoxy) is 1. The molecule has 39 heavy (non-hydrogen) atoms. The second-order valence-corrected chi connectivity index (χ2v) is 10.6. The van der Waals surface area contributed by atoms with E-state index >= 15 is 0 Å². The highest BCUT2D eigenvalue weighted by Crippen LogP contribution is 2.30. The number of hydrogen-bond acceptors (Lipinski definition) is 11. The van der Waals surface area contributed by atoms with Crippen molar-refractivity contribution in [2.75, 3.05) is 38.6 Å². The lowest BCUT2D eigenvalue weighted by Gasteiger charge is -2.32. The van der Waals surface area contributed by atoms with E-state index in [9.17, 15) is 9.90 Å². The van der Waals surface area contributed by atoms with Gasteiger partial charge < -0.3 is 30.0 Å². The number of hydrogen-bond donors (Lipinski definition) is 3. The van der Waals surface area contributed by atoms with Gasteiger partial charge in [-0.2, -0.15) is 9.50 Å². The van der Waals surface area contributed by atoms with Crippen LogP contribution < -0.4 is 15.3 Å². The van der Waals surface area contributed by atoms with Crippen LogP contribution in [0.1, 0.15) is 24.3 Å². The maximum absolute atomic E-state index is 12.9. The molecule has 204 valence electrons. The number of fused-ring (bicyclic) bond motifs is 3. The monoisotopic (exact) mass is 551 g/mol. The lowest BCUT2D eigenvalue weighted by molar-refractivity contribution is 0.0536. The highest BCUT2D eigenvalue weighted by atomic mass is 32.1. The Bertz CT molecular complexity index is 1620. The van der Waals surface area contributed by atoms with Crippen LogP contribution in [0.25, 0.3) is 27.6 Å². The molecule has 1 aliphatic rings. The van der Waals surface area contributed by atoms with E-state index in [0.717, 1.165) is 43.8 Å². The summed E-state index contributed by atoms with van der Waals surface area (Å²) in [5.41, 5.74) is 8.47. The Balaban J connectivity index is 1.10. The zero-order valence-electron chi connectivity index (χ0n) is 21.1. The molecule has 12 nitrogen and oxygen atoms in total. The summed E-state index contributed by atoms with van der Waals surface area (Å²) in [6, 6.07) is 11.5. The molecule has 13 heteroatoms. The number of benzene rings is 1.